The number of urea groups is 1. The van der Waals surface area contributed by atoms with E-state index in [1.807, 2.05) is 24.3 Å². The van der Waals surface area contributed by atoms with Gasteiger partial charge in [0.25, 0.3) is 0 Å². The van der Waals surface area contributed by atoms with Crippen molar-refractivity contribution in [2.24, 2.45) is 0 Å². The molecule has 2 heterocycles. The van der Waals surface area contributed by atoms with Crippen LogP contribution < -0.4 is 10.2 Å². The van der Waals surface area contributed by atoms with Crippen LogP contribution in [0.3, 0.4) is 0 Å². The van der Waals surface area contributed by atoms with E-state index < -0.39 is 29.8 Å². The average Bonchev–Trinajstić information content (AvgIpc) is 3.52. The van der Waals surface area contributed by atoms with Crippen LogP contribution in [-0.4, -0.2) is 66.8 Å². The summed E-state index contributed by atoms with van der Waals surface area (Å²) in [4.78, 5) is 30.9. The molecule has 2 aliphatic heterocycles. The van der Waals surface area contributed by atoms with Gasteiger partial charge >= 0.3 is 12.1 Å². The Balaban J connectivity index is 1.16. The largest absolute Gasteiger partial charge is 0.446 e. The van der Waals surface area contributed by atoms with Gasteiger partial charge in [-0.15, -0.1) is 0 Å². The highest BCUT2D eigenvalue weighted by Crippen LogP contribution is 2.31. The average molecular weight is 496 g/mol. The highest BCUT2D eigenvalue weighted by molar-refractivity contribution is 5.92. The minimum absolute atomic E-state index is 0.0983. The first kappa shape index (κ1) is 24.0. The molecule has 2 aromatic rings. The molecule has 3 fully saturated rings. The number of anilines is 1. The van der Waals surface area contributed by atoms with E-state index in [0.29, 0.717) is 17.2 Å². The van der Waals surface area contributed by atoms with Crippen LogP contribution in [0.1, 0.15) is 36.4 Å². The summed E-state index contributed by atoms with van der Waals surface area (Å²) in [6.07, 6.45) is 1.67. The Morgan fingerprint density at radius 1 is 1.06 bits per heavy atom. The number of cyclic esters (lactones) is 1. The maximum Gasteiger partial charge on any atom is 0.418 e. The summed E-state index contributed by atoms with van der Waals surface area (Å²) in [7, 11) is 0. The van der Waals surface area contributed by atoms with E-state index in [-0.39, 0.29) is 12.6 Å². The summed E-state index contributed by atoms with van der Waals surface area (Å²) in [6, 6.07) is 12.0. The van der Waals surface area contributed by atoms with E-state index >= 15 is 0 Å². The molecule has 3 amide bonds. The number of hydrogen-bond donors (Lipinski definition) is 1. The Bertz CT molecular complexity index is 1190. The molecule has 0 spiro atoms. The quantitative estimate of drug-likeness (QED) is 0.695. The highest BCUT2D eigenvalue weighted by atomic mass is 19.2. The van der Waals surface area contributed by atoms with Crippen LogP contribution in [0.2, 0.25) is 0 Å². The zero-order valence-electron chi connectivity index (χ0n) is 19.7. The number of carbonyl (C=O) groups is 2. The van der Waals surface area contributed by atoms with Gasteiger partial charge in [0.2, 0.25) is 0 Å². The Labute approximate surface area is 208 Å². The molecule has 8 nitrogen and oxygen atoms in total. The molecule has 2 saturated heterocycles. The molecule has 0 unspecified atom stereocenters. The second-order valence-electron chi connectivity index (χ2n) is 9.40. The van der Waals surface area contributed by atoms with Crippen molar-refractivity contribution >= 4 is 17.8 Å². The third kappa shape index (κ3) is 4.71. The van der Waals surface area contributed by atoms with Gasteiger partial charge in [-0.2, -0.15) is 5.26 Å². The Morgan fingerprint density at radius 2 is 1.83 bits per heavy atom. The number of nitrogens with zero attached hydrogens (tertiary/aromatic N) is 4. The predicted octanol–water partition coefficient (Wildman–Crippen LogP) is 3.78. The second-order valence-corrected chi connectivity index (χ2v) is 9.40. The van der Waals surface area contributed by atoms with Gasteiger partial charge < -0.3 is 15.0 Å². The van der Waals surface area contributed by atoms with Crippen molar-refractivity contribution in [3.8, 4) is 6.07 Å². The van der Waals surface area contributed by atoms with Crippen molar-refractivity contribution in [3.63, 3.8) is 0 Å². The van der Waals surface area contributed by atoms with Gasteiger partial charge in [-0.3, -0.25) is 4.90 Å². The van der Waals surface area contributed by atoms with Gasteiger partial charge in [-0.05, 0) is 49.1 Å². The van der Waals surface area contributed by atoms with Crippen molar-refractivity contribution in [3.05, 3.63) is 65.2 Å². The number of benzene rings is 2. The molecule has 2 aromatic carbocycles. The van der Waals surface area contributed by atoms with E-state index in [1.165, 1.54) is 6.07 Å². The number of ether oxygens (including phenoxy) is 1. The lowest BCUT2D eigenvalue weighted by atomic mass is 10.1. The molecule has 188 valence electrons. The second kappa shape index (κ2) is 10.1. The number of imide groups is 1. The topological polar surface area (TPSA) is 88.9 Å². The first-order valence-corrected chi connectivity index (χ1v) is 12.1. The number of rotatable bonds is 4. The minimum Gasteiger partial charge on any atom is -0.446 e. The molecule has 3 aliphatic rings. The van der Waals surface area contributed by atoms with Gasteiger partial charge in [-0.25, -0.2) is 23.3 Å². The van der Waals surface area contributed by atoms with Crippen LogP contribution in [0.15, 0.2) is 42.5 Å². The zero-order valence-corrected chi connectivity index (χ0v) is 19.7. The van der Waals surface area contributed by atoms with E-state index in [9.17, 15) is 23.6 Å². The van der Waals surface area contributed by atoms with Crippen molar-refractivity contribution in [1.29, 1.82) is 5.26 Å². The predicted molar refractivity (Wildman–Crippen MR) is 127 cm³/mol. The summed E-state index contributed by atoms with van der Waals surface area (Å²) >= 11 is 0. The SMILES string of the molecule is N#Cc1ccccc1N1CCN([C@H]2CC[C@H](NC(=O)N3C(=O)OC[C@@H]3c3ccc(F)c(F)c3)C2)CC1. The van der Waals surface area contributed by atoms with Crippen LogP contribution in [-0.2, 0) is 4.74 Å². The first-order valence-electron chi connectivity index (χ1n) is 12.1. The summed E-state index contributed by atoms with van der Waals surface area (Å²) in [5.74, 6) is -2.03. The normalized spacial score (nSPS) is 24.5. The van der Waals surface area contributed by atoms with E-state index in [1.54, 1.807) is 0 Å². The summed E-state index contributed by atoms with van der Waals surface area (Å²) in [5.41, 5.74) is 1.94. The molecule has 5 rings (SSSR count). The molecule has 1 saturated carbocycles. The molecular formula is C26H27F2N5O3. The smallest absolute Gasteiger partial charge is 0.418 e. The highest BCUT2D eigenvalue weighted by Gasteiger charge is 2.41. The monoisotopic (exact) mass is 495 g/mol. The van der Waals surface area contributed by atoms with Crippen molar-refractivity contribution < 1.29 is 23.1 Å². The molecule has 1 aliphatic carbocycles. The number of para-hydroxylation sites is 1. The maximum absolute atomic E-state index is 13.7. The molecule has 0 bridgehead atoms. The molecule has 1 N–H and O–H groups in total. The Hall–Kier alpha value is -3.71. The van der Waals surface area contributed by atoms with E-state index in [2.05, 4.69) is 21.2 Å². The lowest BCUT2D eigenvalue weighted by molar-refractivity contribution is 0.156. The number of carbonyl (C=O) groups excluding carboxylic acids is 2. The van der Waals surface area contributed by atoms with Gasteiger partial charge in [0.1, 0.15) is 18.7 Å². The van der Waals surface area contributed by atoms with Crippen molar-refractivity contribution in [2.45, 2.75) is 37.4 Å². The molecule has 3 atom stereocenters. The fourth-order valence-electron chi connectivity index (χ4n) is 5.45. The van der Waals surface area contributed by atoms with Crippen molar-refractivity contribution in [2.75, 3.05) is 37.7 Å². The molecular weight excluding hydrogens is 468 g/mol. The van der Waals surface area contributed by atoms with Gasteiger partial charge in [0, 0.05) is 38.3 Å². The zero-order chi connectivity index (χ0) is 25.2. The number of halogens is 2. The Kier molecular flexibility index (Phi) is 6.74. The van der Waals surface area contributed by atoms with E-state index in [0.717, 1.165) is 68.2 Å². The van der Waals surface area contributed by atoms with Gasteiger partial charge in [0.15, 0.2) is 11.6 Å². The summed E-state index contributed by atoms with van der Waals surface area (Å²) < 4.78 is 32.1. The lowest BCUT2D eigenvalue weighted by Gasteiger charge is -2.39. The summed E-state index contributed by atoms with van der Waals surface area (Å²) in [5, 5.41) is 12.3. The fourth-order valence-corrected chi connectivity index (χ4v) is 5.45. The van der Waals surface area contributed by atoms with Crippen LogP contribution in [0.5, 0.6) is 0 Å². The van der Waals surface area contributed by atoms with Crippen LogP contribution in [0.25, 0.3) is 0 Å². The van der Waals surface area contributed by atoms with Crippen LogP contribution in [0.4, 0.5) is 24.1 Å². The number of amides is 3. The Morgan fingerprint density at radius 3 is 2.58 bits per heavy atom. The fraction of sp³-hybridized carbons (Fsp3) is 0.423. The first-order chi connectivity index (χ1) is 17.4. The van der Waals surface area contributed by atoms with Crippen LogP contribution >= 0.6 is 0 Å². The number of nitriles is 1. The van der Waals surface area contributed by atoms with Gasteiger partial charge in [0.05, 0.1) is 11.3 Å². The lowest BCUT2D eigenvalue weighted by Crippen LogP contribution is -2.50. The maximum atomic E-state index is 13.7. The standard InChI is InChI=1S/C26H27F2N5O3/c27-21-8-5-17(13-22(21)28)24-16-36-26(35)33(24)25(34)30-19-6-7-20(14-19)31-9-11-32(12-10-31)23-4-2-1-3-18(23)15-29/h1-5,8,13,19-20,24H,6-7,9-12,14,16H2,(H,30,34)/t19-,20-,24+/m0/s1. The van der Waals surface area contributed by atoms with Gasteiger partial charge in [-0.1, -0.05) is 18.2 Å². The molecule has 0 aromatic heterocycles. The molecule has 36 heavy (non-hydrogen) atoms. The third-order valence-electron chi connectivity index (χ3n) is 7.35. The van der Waals surface area contributed by atoms with Crippen LogP contribution in [0, 0.1) is 23.0 Å². The minimum atomic E-state index is -1.04. The number of hydrogen-bond acceptors (Lipinski definition) is 6. The summed E-state index contributed by atoms with van der Waals surface area (Å²) in [6.45, 7) is 3.26. The molecule has 10 heteroatoms. The molecule has 0 radical (unpaired) electrons. The van der Waals surface area contributed by atoms with Crippen molar-refractivity contribution in [1.82, 2.24) is 15.1 Å². The third-order valence-corrected chi connectivity index (χ3v) is 7.35. The number of nitrogens with one attached hydrogen (secondary N) is 1. The number of piperazine rings is 1. The van der Waals surface area contributed by atoms with E-state index in [4.69, 9.17) is 4.74 Å².